The predicted octanol–water partition coefficient (Wildman–Crippen LogP) is 3.18. The van der Waals surface area contributed by atoms with Crippen molar-refractivity contribution in [3.63, 3.8) is 0 Å². The summed E-state index contributed by atoms with van der Waals surface area (Å²) in [7, 11) is 0. The molecular weight excluding hydrogens is 384 g/mol. The molecule has 1 N–H and O–H groups in total. The number of amides is 2. The molecule has 2 amide bonds. The summed E-state index contributed by atoms with van der Waals surface area (Å²) in [6.07, 6.45) is 0.956. The summed E-state index contributed by atoms with van der Waals surface area (Å²) >= 11 is 0. The molecule has 0 aliphatic carbocycles. The average Bonchev–Trinajstić information content (AvgIpc) is 3.15. The molecule has 1 fully saturated rings. The van der Waals surface area contributed by atoms with Crippen LogP contribution in [0, 0.1) is 5.92 Å². The maximum atomic E-state index is 12.5. The van der Waals surface area contributed by atoms with Crippen molar-refractivity contribution in [2.24, 2.45) is 5.92 Å². The summed E-state index contributed by atoms with van der Waals surface area (Å²) in [5, 5.41) is 2.69. The lowest BCUT2D eigenvalue weighted by Gasteiger charge is -2.19. The summed E-state index contributed by atoms with van der Waals surface area (Å²) in [6.45, 7) is 4.20. The molecule has 158 valence electrons. The van der Waals surface area contributed by atoms with Crippen LogP contribution in [0.5, 0.6) is 5.75 Å². The summed E-state index contributed by atoms with van der Waals surface area (Å²) in [4.78, 5) is 38.5. The lowest BCUT2D eigenvalue weighted by Crippen LogP contribution is -2.28. The molecule has 0 aromatic heterocycles. The van der Waals surface area contributed by atoms with Crippen LogP contribution in [0.25, 0.3) is 0 Å². The molecule has 7 heteroatoms. The van der Waals surface area contributed by atoms with E-state index in [0.29, 0.717) is 23.7 Å². The van der Waals surface area contributed by atoms with Crippen LogP contribution >= 0.6 is 0 Å². The van der Waals surface area contributed by atoms with Gasteiger partial charge >= 0.3 is 5.97 Å². The van der Waals surface area contributed by atoms with E-state index in [2.05, 4.69) is 12.2 Å². The number of anilines is 2. The van der Waals surface area contributed by atoms with Gasteiger partial charge in [0.05, 0.1) is 18.2 Å². The molecule has 2 aromatic carbocycles. The topological polar surface area (TPSA) is 84.9 Å². The van der Waals surface area contributed by atoms with E-state index >= 15 is 0 Å². The van der Waals surface area contributed by atoms with Crippen molar-refractivity contribution in [3.05, 3.63) is 54.1 Å². The van der Waals surface area contributed by atoms with Crippen molar-refractivity contribution in [1.29, 1.82) is 0 Å². The fourth-order valence-corrected chi connectivity index (χ4v) is 3.33. The fourth-order valence-electron chi connectivity index (χ4n) is 3.33. The number of benzene rings is 2. The molecule has 7 nitrogen and oxygen atoms in total. The highest BCUT2D eigenvalue weighted by Gasteiger charge is 2.37. The number of esters is 1. The maximum Gasteiger partial charge on any atom is 0.311 e. The van der Waals surface area contributed by atoms with Gasteiger partial charge in [0.15, 0.2) is 6.61 Å². The second-order valence-electron chi connectivity index (χ2n) is 7.01. The molecule has 0 spiro atoms. The minimum atomic E-state index is -0.621. The molecular formula is C23H26N2O5. The lowest BCUT2D eigenvalue weighted by atomic mass is 10.1. The highest BCUT2D eigenvalue weighted by molar-refractivity contribution is 6.01. The van der Waals surface area contributed by atoms with E-state index in [1.165, 1.54) is 10.5 Å². The van der Waals surface area contributed by atoms with Gasteiger partial charge in [-0.2, -0.15) is 0 Å². The van der Waals surface area contributed by atoms with Crippen molar-refractivity contribution in [1.82, 2.24) is 0 Å². The van der Waals surface area contributed by atoms with Gasteiger partial charge in [0, 0.05) is 18.7 Å². The van der Waals surface area contributed by atoms with Crippen LogP contribution in [-0.2, 0) is 25.5 Å². The monoisotopic (exact) mass is 410 g/mol. The Hall–Kier alpha value is -3.35. The Morgan fingerprint density at radius 1 is 1.10 bits per heavy atom. The standard InChI is InChI=1S/C23H26N2O5/c1-3-16-9-11-18(12-10-16)24-21(26)15-30-23(28)17-13-22(27)25(14-17)19-7-5-6-8-20(19)29-4-2/h5-12,17H,3-4,13-15H2,1-2H3,(H,24,26)/t17-/m0/s1. The van der Waals surface area contributed by atoms with Gasteiger partial charge in [-0.15, -0.1) is 0 Å². The number of aryl methyl sites for hydroxylation is 1. The SMILES string of the molecule is CCOc1ccccc1N1C[C@@H](C(=O)OCC(=O)Nc2ccc(CC)cc2)CC1=O. The minimum Gasteiger partial charge on any atom is -0.492 e. The first-order valence-electron chi connectivity index (χ1n) is 10.1. The quantitative estimate of drug-likeness (QED) is 0.676. The molecule has 1 saturated heterocycles. The van der Waals surface area contributed by atoms with Crippen molar-refractivity contribution < 1.29 is 23.9 Å². The molecule has 1 aliphatic rings. The second-order valence-corrected chi connectivity index (χ2v) is 7.01. The zero-order chi connectivity index (χ0) is 21.5. The Kier molecular flexibility index (Phi) is 7.06. The van der Waals surface area contributed by atoms with Crippen LogP contribution in [0.2, 0.25) is 0 Å². The van der Waals surface area contributed by atoms with E-state index in [-0.39, 0.29) is 18.9 Å². The van der Waals surface area contributed by atoms with Gasteiger partial charge in [-0.1, -0.05) is 31.2 Å². The van der Waals surface area contributed by atoms with Crippen LogP contribution in [0.3, 0.4) is 0 Å². The van der Waals surface area contributed by atoms with Gasteiger partial charge in [-0.3, -0.25) is 14.4 Å². The van der Waals surface area contributed by atoms with Gasteiger partial charge in [0.25, 0.3) is 5.91 Å². The molecule has 2 aromatic rings. The third-order valence-electron chi connectivity index (χ3n) is 4.91. The van der Waals surface area contributed by atoms with Crippen LogP contribution in [0.4, 0.5) is 11.4 Å². The molecule has 1 atom stereocenters. The van der Waals surface area contributed by atoms with Crippen LogP contribution in [-0.4, -0.2) is 37.5 Å². The number of nitrogens with zero attached hydrogens (tertiary/aromatic N) is 1. The first-order valence-corrected chi connectivity index (χ1v) is 10.1. The molecule has 0 saturated carbocycles. The zero-order valence-electron chi connectivity index (χ0n) is 17.2. The van der Waals surface area contributed by atoms with Crippen molar-refractivity contribution >= 4 is 29.2 Å². The van der Waals surface area contributed by atoms with Gasteiger partial charge in [-0.05, 0) is 43.2 Å². The van der Waals surface area contributed by atoms with E-state index in [1.54, 1.807) is 12.1 Å². The summed E-state index contributed by atoms with van der Waals surface area (Å²) < 4.78 is 10.7. The smallest absolute Gasteiger partial charge is 0.311 e. The minimum absolute atomic E-state index is 0.0411. The lowest BCUT2D eigenvalue weighted by molar-refractivity contribution is -0.151. The summed E-state index contributed by atoms with van der Waals surface area (Å²) in [6, 6.07) is 14.7. The number of hydrogen-bond donors (Lipinski definition) is 1. The normalized spacial score (nSPS) is 15.7. The number of nitrogens with one attached hydrogen (secondary N) is 1. The molecule has 30 heavy (non-hydrogen) atoms. The van der Waals surface area contributed by atoms with E-state index in [9.17, 15) is 14.4 Å². The van der Waals surface area contributed by atoms with Gasteiger partial charge in [-0.25, -0.2) is 0 Å². The summed E-state index contributed by atoms with van der Waals surface area (Å²) in [5.41, 5.74) is 2.44. The maximum absolute atomic E-state index is 12.5. The Labute approximate surface area is 176 Å². The Morgan fingerprint density at radius 2 is 1.83 bits per heavy atom. The number of hydrogen-bond acceptors (Lipinski definition) is 5. The van der Waals surface area contributed by atoms with Gasteiger partial charge in [0.1, 0.15) is 5.75 Å². The van der Waals surface area contributed by atoms with Crippen LogP contribution < -0.4 is 15.0 Å². The number of ether oxygens (including phenoxy) is 2. The zero-order valence-corrected chi connectivity index (χ0v) is 17.2. The average molecular weight is 410 g/mol. The van der Waals surface area contributed by atoms with Gasteiger partial charge < -0.3 is 19.7 Å². The Morgan fingerprint density at radius 3 is 2.53 bits per heavy atom. The van der Waals surface area contributed by atoms with E-state index in [1.807, 2.05) is 43.3 Å². The molecule has 1 heterocycles. The Bertz CT molecular complexity index is 910. The third-order valence-corrected chi connectivity index (χ3v) is 4.91. The van der Waals surface area contributed by atoms with Crippen molar-refractivity contribution in [2.45, 2.75) is 26.7 Å². The van der Waals surface area contributed by atoms with E-state index in [4.69, 9.17) is 9.47 Å². The highest BCUT2D eigenvalue weighted by atomic mass is 16.5. The van der Waals surface area contributed by atoms with Crippen LogP contribution in [0.1, 0.15) is 25.8 Å². The first-order chi connectivity index (χ1) is 14.5. The number of carbonyl (C=O) groups excluding carboxylic acids is 3. The molecule has 3 rings (SSSR count). The largest absolute Gasteiger partial charge is 0.492 e. The predicted molar refractivity (Wildman–Crippen MR) is 113 cm³/mol. The number of rotatable bonds is 8. The fraction of sp³-hybridized carbons (Fsp3) is 0.348. The molecule has 0 radical (unpaired) electrons. The van der Waals surface area contributed by atoms with E-state index in [0.717, 1.165) is 6.42 Å². The van der Waals surface area contributed by atoms with E-state index < -0.39 is 24.4 Å². The molecule has 0 bridgehead atoms. The second kappa shape index (κ2) is 9.91. The van der Waals surface area contributed by atoms with Crippen LogP contribution in [0.15, 0.2) is 48.5 Å². The number of para-hydroxylation sites is 2. The Balaban J connectivity index is 1.53. The first kappa shape index (κ1) is 21.4. The van der Waals surface area contributed by atoms with Crippen molar-refractivity contribution in [3.8, 4) is 5.75 Å². The molecule has 0 unspecified atom stereocenters. The van der Waals surface area contributed by atoms with Crippen molar-refractivity contribution in [2.75, 3.05) is 30.0 Å². The van der Waals surface area contributed by atoms with Gasteiger partial charge in [0.2, 0.25) is 5.91 Å². The number of carbonyl (C=O) groups is 3. The highest BCUT2D eigenvalue weighted by Crippen LogP contribution is 2.33. The molecule has 1 aliphatic heterocycles. The third kappa shape index (κ3) is 5.17. The summed E-state index contributed by atoms with van der Waals surface area (Å²) in [5.74, 6) is -1.18.